The molecule has 2 aliphatic carbocycles. The molecule has 2 aromatic rings. The molecule has 21 heavy (non-hydrogen) atoms. The Labute approximate surface area is 127 Å². The van der Waals surface area contributed by atoms with Crippen molar-refractivity contribution in [1.29, 1.82) is 0 Å². The number of hydrogen-bond donors (Lipinski definition) is 0. The molecule has 1 heteroatoms. The van der Waals surface area contributed by atoms with Crippen LogP contribution < -0.4 is 0 Å². The SMILES string of the molecule is CC(c1cccc2c1C1Cc3ccccc3C2C1)N(C)C. The zero-order valence-electron chi connectivity index (χ0n) is 13.1. The summed E-state index contributed by atoms with van der Waals surface area (Å²) in [4.78, 5) is 2.32. The molecule has 108 valence electrons. The van der Waals surface area contributed by atoms with Gasteiger partial charge in [0.2, 0.25) is 0 Å². The van der Waals surface area contributed by atoms with Gasteiger partial charge in [-0.2, -0.15) is 0 Å². The molecule has 0 fully saturated rings. The molecule has 0 heterocycles. The molecule has 0 aliphatic heterocycles. The quantitative estimate of drug-likeness (QED) is 0.782. The fraction of sp³-hybridized carbons (Fsp3) is 0.400. The van der Waals surface area contributed by atoms with E-state index >= 15 is 0 Å². The Morgan fingerprint density at radius 3 is 2.57 bits per heavy atom. The highest BCUT2D eigenvalue weighted by atomic mass is 15.1. The van der Waals surface area contributed by atoms with Crippen molar-refractivity contribution in [3.8, 4) is 0 Å². The van der Waals surface area contributed by atoms with Crippen LogP contribution in [0.25, 0.3) is 0 Å². The van der Waals surface area contributed by atoms with Crippen molar-refractivity contribution < 1.29 is 0 Å². The number of hydrogen-bond acceptors (Lipinski definition) is 1. The molecule has 2 bridgehead atoms. The van der Waals surface area contributed by atoms with Crippen molar-refractivity contribution >= 4 is 0 Å². The largest absolute Gasteiger partial charge is 0.303 e. The third-order valence-electron chi connectivity index (χ3n) is 5.60. The lowest BCUT2D eigenvalue weighted by atomic mass is 9.81. The summed E-state index contributed by atoms with van der Waals surface area (Å²) in [6, 6.07) is 16.5. The second-order valence-corrected chi connectivity index (χ2v) is 6.88. The molecule has 3 atom stereocenters. The summed E-state index contributed by atoms with van der Waals surface area (Å²) in [5.74, 6) is 1.35. The smallest absolute Gasteiger partial charge is 0.0316 e. The average Bonchev–Trinajstić information content (AvgIpc) is 2.81. The maximum absolute atomic E-state index is 2.37. The first kappa shape index (κ1) is 13.1. The molecule has 0 radical (unpaired) electrons. The summed E-state index contributed by atoms with van der Waals surface area (Å²) in [5, 5.41) is 0. The molecular formula is C20H23N. The maximum atomic E-state index is 2.37. The third-order valence-corrected chi connectivity index (χ3v) is 5.60. The average molecular weight is 277 g/mol. The second-order valence-electron chi connectivity index (χ2n) is 6.88. The monoisotopic (exact) mass is 277 g/mol. The van der Waals surface area contributed by atoms with E-state index in [2.05, 4.69) is 68.4 Å². The van der Waals surface area contributed by atoms with Crippen molar-refractivity contribution in [3.05, 3.63) is 70.3 Å². The Balaban J connectivity index is 1.87. The van der Waals surface area contributed by atoms with E-state index in [0.717, 1.165) is 5.92 Å². The highest BCUT2D eigenvalue weighted by molar-refractivity contribution is 5.54. The van der Waals surface area contributed by atoms with Gasteiger partial charge in [0.25, 0.3) is 0 Å². The Kier molecular flexibility index (Phi) is 2.93. The van der Waals surface area contributed by atoms with Crippen LogP contribution in [0.2, 0.25) is 0 Å². The lowest BCUT2D eigenvalue weighted by molar-refractivity contribution is 0.318. The van der Waals surface area contributed by atoms with Crippen LogP contribution in [0.1, 0.15) is 59.0 Å². The van der Waals surface area contributed by atoms with Crippen molar-refractivity contribution in [2.45, 2.75) is 37.6 Å². The molecule has 0 spiro atoms. The van der Waals surface area contributed by atoms with Gasteiger partial charge in [-0.15, -0.1) is 0 Å². The summed E-state index contributed by atoms with van der Waals surface area (Å²) >= 11 is 0. The molecular weight excluding hydrogens is 254 g/mol. The van der Waals surface area contributed by atoms with Crippen molar-refractivity contribution in [2.75, 3.05) is 14.1 Å². The molecule has 0 saturated carbocycles. The molecule has 2 aromatic carbocycles. The molecule has 0 saturated heterocycles. The number of fused-ring (bicyclic) bond motifs is 7. The first-order chi connectivity index (χ1) is 10.2. The molecule has 1 nitrogen and oxygen atoms in total. The molecule has 3 unspecified atom stereocenters. The summed E-state index contributed by atoms with van der Waals surface area (Å²) in [6.07, 6.45) is 2.53. The lowest BCUT2D eigenvalue weighted by Crippen LogP contribution is -2.19. The molecule has 0 aromatic heterocycles. The summed E-state index contributed by atoms with van der Waals surface area (Å²) in [5.41, 5.74) is 7.93. The number of nitrogens with zero attached hydrogens (tertiary/aromatic N) is 1. The van der Waals surface area contributed by atoms with Gasteiger partial charge in [0.15, 0.2) is 0 Å². The predicted molar refractivity (Wildman–Crippen MR) is 87.9 cm³/mol. The van der Waals surface area contributed by atoms with E-state index < -0.39 is 0 Å². The standard InChI is InChI=1S/C20H23N/c1-13(21(2)3)16-9-6-10-18-19-12-15(20(16)18)11-14-7-4-5-8-17(14)19/h4-10,13,15,19H,11-12H2,1-3H3. The Morgan fingerprint density at radius 1 is 1.00 bits per heavy atom. The van der Waals surface area contributed by atoms with Crippen molar-refractivity contribution in [2.24, 2.45) is 0 Å². The van der Waals surface area contributed by atoms with E-state index in [1.54, 1.807) is 22.3 Å². The Morgan fingerprint density at radius 2 is 1.76 bits per heavy atom. The van der Waals surface area contributed by atoms with Gasteiger partial charge in [-0.25, -0.2) is 0 Å². The van der Waals surface area contributed by atoms with Gasteiger partial charge >= 0.3 is 0 Å². The summed E-state index contributed by atoms with van der Waals surface area (Å²) in [6.45, 7) is 2.32. The van der Waals surface area contributed by atoms with Crippen LogP contribution in [-0.4, -0.2) is 19.0 Å². The predicted octanol–water partition coefficient (Wildman–Crippen LogP) is 4.48. The molecule has 2 aliphatic rings. The minimum atomic E-state index is 0.488. The minimum Gasteiger partial charge on any atom is -0.303 e. The van der Waals surface area contributed by atoms with Crippen LogP contribution in [0.15, 0.2) is 42.5 Å². The fourth-order valence-corrected chi connectivity index (χ4v) is 4.35. The van der Waals surface area contributed by atoms with E-state index in [-0.39, 0.29) is 0 Å². The van der Waals surface area contributed by atoms with Gasteiger partial charge in [-0.1, -0.05) is 42.5 Å². The van der Waals surface area contributed by atoms with Gasteiger partial charge in [-0.3, -0.25) is 0 Å². The first-order valence-corrected chi connectivity index (χ1v) is 8.03. The van der Waals surface area contributed by atoms with E-state index in [9.17, 15) is 0 Å². The van der Waals surface area contributed by atoms with Crippen LogP contribution in [-0.2, 0) is 6.42 Å². The normalized spacial score (nSPS) is 23.8. The third kappa shape index (κ3) is 1.87. The minimum absolute atomic E-state index is 0.488. The first-order valence-electron chi connectivity index (χ1n) is 8.03. The van der Waals surface area contributed by atoms with Gasteiger partial charge in [0.05, 0.1) is 0 Å². The Bertz CT molecular complexity index is 686. The van der Waals surface area contributed by atoms with Crippen LogP contribution >= 0.6 is 0 Å². The van der Waals surface area contributed by atoms with Crippen LogP contribution in [0.4, 0.5) is 0 Å². The molecule has 0 amide bonds. The van der Waals surface area contributed by atoms with Crippen molar-refractivity contribution in [3.63, 3.8) is 0 Å². The Hall–Kier alpha value is -1.60. The van der Waals surface area contributed by atoms with Crippen LogP contribution in [0, 0.1) is 0 Å². The van der Waals surface area contributed by atoms with Gasteiger partial charge in [-0.05, 0) is 67.6 Å². The van der Waals surface area contributed by atoms with Crippen LogP contribution in [0.3, 0.4) is 0 Å². The zero-order chi connectivity index (χ0) is 14.6. The van der Waals surface area contributed by atoms with Gasteiger partial charge < -0.3 is 4.90 Å². The van der Waals surface area contributed by atoms with Crippen LogP contribution in [0.5, 0.6) is 0 Å². The fourth-order valence-electron chi connectivity index (χ4n) is 4.35. The number of rotatable bonds is 2. The van der Waals surface area contributed by atoms with Gasteiger partial charge in [0.1, 0.15) is 0 Å². The van der Waals surface area contributed by atoms with E-state index in [1.165, 1.54) is 18.4 Å². The topological polar surface area (TPSA) is 3.24 Å². The maximum Gasteiger partial charge on any atom is 0.0316 e. The molecule has 0 N–H and O–H groups in total. The molecule has 4 rings (SSSR count). The highest BCUT2D eigenvalue weighted by Gasteiger charge is 2.39. The van der Waals surface area contributed by atoms with E-state index in [0.29, 0.717) is 12.0 Å². The van der Waals surface area contributed by atoms with Crippen molar-refractivity contribution in [1.82, 2.24) is 4.90 Å². The van der Waals surface area contributed by atoms with Gasteiger partial charge in [0, 0.05) is 12.0 Å². The zero-order valence-corrected chi connectivity index (χ0v) is 13.1. The summed E-state index contributed by atoms with van der Waals surface area (Å²) in [7, 11) is 4.36. The van der Waals surface area contributed by atoms with E-state index in [1.807, 2.05) is 0 Å². The second kappa shape index (κ2) is 4.71. The summed E-state index contributed by atoms with van der Waals surface area (Å²) < 4.78 is 0. The highest BCUT2D eigenvalue weighted by Crippen LogP contribution is 2.53. The lowest BCUT2D eigenvalue weighted by Gasteiger charge is -2.26. The van der Waals surface area contributed by atoms with E-state index in [4.69, 9.17) is 0 Å². The number of benzene rings is 2.